The Labute approximate surface area is 319 Å². The fourth-order valence-electron chi connectivity index (χ4n) is 7.67. The third-order valence-electron chi connectivity index (χ3n) is 10.7. The first-order chi connectivity index (χ1) is 26.3. The number of hydrogen-bond donors (Lipinski definition) is 0. The van der Waals surface area contributed by atoms with Crippen LogP contribution >= 0.6 is 11.3 Å². The molecule has 1 saturated heterocycles. The van der Waals surface area contributed by atoms with Crippen molar-refractivity contribution in [1.82, 2.24) is 19.7 Å². The molecule has 0 aliphatic carbocycles. The molecule has 0 radical (unpaired) electrons. The Hall–Kier alpha value is -5.36. The maximum absolute atomic E-state index is 15.2. The molecule has 0 spiro atoms. The molecule has 276 valence electrons. The Bertz CT molecular complexity index is 2170. The molecule has 1 aromatic heterocycles. The first kappa shape index (κ1) is 35.7. The molecule has 54 heavy (non-hydrogen) atoms. The largest absolute Gasteiger partial charge is 0.415 e. The molecule has 0 saturated carbocycles. The van der Waals surface area contributed by atoms with Gasteiger partial charge in [-0.3, -0.25) is 14.5 Å². The van der Waals surface area contributed by atoms with Gasteiger partial charge in [-0.25, -0.2) is 9.78 Å². The van der Waals surface area contributed by atoms with E-state index in [1.807, 2.05) is 72.5 Å². The summed E-state index contributed by atoms with van der Waals surface area (Å²) in [6.45, 7) is 6.97. The van der Waals surface area contributed by atoms with E-state index in [1.165, 1.54) is 16.9 Å². The fraction of sp³-hybridized carbons (Fsp3) is 0.302. The molecule has 3 amide bonds. The quantitative estimate of drug-likeness (QED) is 0.180. The van der Waals surface area contributed by atoms with Crippen LogP contribution in [0.4, 0.5) is 10.5 Å². The maximum Gasteiger partial charge on any atom is 0.415 e. The summed E-state index contributed by atoms with van der Waals surface area (Å²) < 4.78 is 11.3. The van der Waals surface area contributed by atoms with Gasteiger partial charge >= 0.3 is 6.09 Å². The van der Waals surface area contributed by atoms with E-state index in [4.69, 9.17) is 14.5 Å². The third kappa shape index (κ3) is 7.39. The highest BCUT2D eigenvalue weighted by molar-refractivity contribution is 7.14. The highest BCUT2D eigenvalue weighted by atomic mass is 32.1. The normalized spacial score (nSPS) is 17.0. The van der Waals surface area contributed by atoms with Gasteiger partial charge in [-0.05, 0) is 78.4 Å². The predicted molar refractivity (Wildman–Crippen MR) is 209 cm³/mol. The average Bonchev–Trinajstić information content (AvgIpc) is 3.61. The van der Waals surface area contributed by atoms with Gasteiger partial charge in [-0.15, -0.1) is 11.3 Å². The number of carbonyl (C=O) groups is 3. The number of thiazole rings is 1. The number of amides is 3. The van der Waals surface area contributed by atoms with Crippen LogP contribution in [0.1, 0.15) is 47.3 Å². The Morgan fingerprint density at radius 1 is 0.852 bits per heavy atom. The van der Waals surface area contributed by atoms with Crippen molar-refractivity contribution in [2.75, 3.05) is 51.3 Å². The van der Waals surface area contributed by atoms with Crippen molar-refractivity contribution in [1.29, 1.82) is 0 Å². The van der Waals surface area contributed by atoms with E-state index in [2.05, 4.69) is 29.2 Å². The van der Waals surface area contributed by atoms with Crippen LogP contribution in [-0.4, -0.2) is 90.1 Å². The van der Waals surface area contributed by atoms with Crippen LogP contribution in [0.2, 0.25) is 0 Å². The molecular formula is C43H43N5O5S. The lowest BCUT2D eigenvalue weighted by molar-refractivity contribution is 0.0193. The topological polar surface area (TPSA) is 95.5 Å². The van der Waals surface area contributed by atoms with Crippen molar-refractivity contribution in [3.05, 3.63) is 135 Å². The van der Waals surface area contributed by atoms with Crippen molar-refractivity contribution in [2.45, 2.75) is 38.9 Å². The molecule has 1 fully saturated rings. The second-order valence-electron chi connectivity index (χ2n) is 14.1. The molecule has 3 aliphatic heterocycles. The zero-order chi connectivity index (χ0) is 37.2. The number of rotatable bonds is 7. The van der Waals surface area contributed by atoms with E-state index in [9.17, 15) is 9.59 Å². The highest BCUT2D eigenvalue weighted by Crippen LogP contribution is 2.37. The van der Waals surface area contributed by atoms with Gasteiger partial charge in [-0.1, -0.05) is 60.7 Å². The average molecular weight is 742 g/mol. The molecular weight excluding hydrogens is 699 g/mol. The number of fused-ring (bicyclic) bond motifs is 2. The number of nitrogens with zero attached hydrogens (tertiary/aromatic N) is 5. The maximum atomic E-state index is 15.2. The van der Waals surface area contributed by atoms with Crippen LogP contribution in [0.5, 0.6) is 5.75 Å². The number of benzene rings is 4. The summed E-state index contributed by atoms with van der Waals surface area (Å²) in [4.78, 5) is 55.8. The summed E-state index contributed by atoms with van der Waals surface area (Å²) in [7, 11) is 1.75. The van der Waals surface area contributed by atoms with Gasteiger partial charge in [0.2, 0.25) is 0 Å². The third-order valence-corrected chi connectivity index (χ3v) is 11.6. The SMILES string of the molecule is Cc1sc(C(=O)N(C)c2ccccc2)nc1-c1cc2c(cc1C(=O)N1Cc3ccccc3C[C@H]1CN1CCOCC1)CN(C(=O)Oc1ccccc1)CC2. The molecule has 10 nitrogen and oxygen atoms in total. The minimum atomic E-state index is -0.428. The van der Waals surface area contributed by atoms with Crippen LogP contribution in [0.25, 0.3) is 11.3 Å². The van der Waals surface area contributed by atoms with Crippen LogP contribution in [0, 0.1) is 6.92 Å². The van der Waals surface area contributed by atoms with Gasteiger partial charge in [0.05, 0.1) is 18.9 Å². The summed E-state index contributed by atoms with van der Waals surface area (Å²) in [5.41, 5.74) is 6.96. The van der Waals surface area contributed by atoms with Crippen molar-refractivity contribution in [3.8, 4) is 17.0 Å². The number of anilines is 1. The summed E-state index contributed by atoms with van der Waals surface area (Å²) in [5.74, 6) is 0.182. The van der Waals surface area contributed by atoms with Gasteiger partial charge in [0, 0.05) is 74.0 Å². The van der Waals surface area contributed by atoms with E-state index in [-0.39, 0.29) is 17.9 Å². The minimum Gasteiger partial charge on any atom is -0.410 e. The molecule has 11 heteroatoms. The monoisotopic (exact) mass is 741 g/mol. The van der Waals surface area contributed by atoms with Crippen molar-refractivity contribution in [3.63, 3.8) is 0 Å². The molecule has 3 aliphatic rings. The molecule has 4 heterocycles. The van der Waals surface area contributed by atoms with Crippen LogP contribution in [0.15, 0.2) is 97.1 Å². The summed E-state index contributed by atoms with van der Waals surface area (Å²) >= 11 is 1.34. The predicted octanol–water partition coefficient (Wildman–Crippen LogP) is 6.85. The zero-order valence-corrected chi connectivity index (χ0v) is 31.4. The van der Waals surface area contributed by atoms with E-state index >= 15 is 4.79 Å². The molecule has 0 unspecified atom stereocenters. The molecule has 4 aromatic carbocycles. The molecule has 0 bridgehead atoms. The first-order valence-electron chi connectivity index (χ1n) is 18.5. The number of morpholine rings is 1. The Morgan fingerprint density at radius 3 is 2.31 bits per heavy atom. The zero-order valence-electron chi connectivity index (χ0n) is 30.6. The fourth-order valence-corrected chi connectivity index (χ4v) is 8.57. The number of aryl methyl sites for hydroxylation is 1. The summed E-state index contributed by atoms with van der Waals surface area (Å²) in [6, 6.07) is 30.9. The smallest absolute Gasteiger partial charge is 0.410 e. The molecule has 5 aromatic rings. The number of aromatic nitrogens is 1. The molecule has 1 atom stereocenters. The number of hydrogen-bond acceptors (Lipinski definition) is 8. The van der Waals surface area contributed by atoms with Crippen molar-refractivity contribution in [2.24, 2.45) is 0 Å². The number of carbonyl (C=O) groups excluding carboxylic acids is 3. The Kier molecular flexibility index (Phi) is 10.3. The second-order valence-corrected chi connectivity index (χ2v) is 15.3. The highest BCUT2D eigenvalue weighted by Gasteiger charge is 2.35. The lowest BCUT2D eigenvalue weighted by Gasteiger charge is -2.41. The molecule has 8 rings (SSSR count). The lowest BCUT2D eigenvalue weighted by atomic mass is 9.89. The van der Waals surface area contributed by atoms with E-state index < -0.39 is 6.09 Å². The van der Waals surface area contributed by atoms with Crippen LogP contribution in [-0.2, 0) is 30.7 Å². The summed E-state index contributed by atoms with van der Waals surface area (Å²) in [5, 5.41) is 0.358. The van der Waals surface area contributed by atoms with Gasteiger partial charge in [0.1, 0.15) is 5.75 Å². The lowest BCUT2D eigenvalue weighted by Crippen LogP contribution is -2.52. The Balaban J connectivity index is 1.17. The van der Waals surface area contributed by atoms with E-state index in [1.54, 1.807) is 29.0 Å². The van der Waals surface area contributed by atoms with E-state index in [0.717, 1.165) is 53.3 Å². The molecule has 0 N–H and O–H groups in total. The van der Waals surface area contributed by atoms with Crippen molar-refractivity contribution < 1.29 is 23.9 Å². The Morgan fingerprint density at radius 2 is 1.56 bits per heavy atom. The van der Waals surface area contributed by atoms with Crippen molar-refractivity contribution >= 4 is 34.9 Å². The van der Waals surface area contributed by atoms with Gasteiger partial charge < -0.3 is 24.2 Å². The van der Waals surface area contributed by atoms with Gasteiger partial charge in [-0.2, -0.15) is 0 Å². The van der Waals surface area contributed by atoms with Crippen LogP contribution < -0.4 is 9.64 Å². The number of para-hydroxylation sites is 2. The standard InChI is InChI=1S/C43H43N5O5S/c1-29-39(44-40(54-29)42(50)45(2)34-13-5-3-6-14-34)37-24-31-17-18-47(43(51)53-36-15-7-4-8-16-36)26-33(31)25-38(37)41(49)48-27-32-12-10-9-11-30(32)23-35(48)28-46-19-21-52-22-20-46/h3-16,24-25,35H,17-23,26-28H2,1-2H3/t35-/m0/s1. The van der Waals surface area contributed by atoms with Gasteiger partial charge in [0.15, 0.2) is 5.01 Å². The minimum absolute atomic E-state index is 0.0556. The van der Waals surface area contributed by atoms with Gasteiger partial charge in [0.25, 0.3) is 11.8 Å². The second kappa shape index (κ2) is 15.5. The van der Waals surface area contributed by atoms with Crippen LogP contribution in [0.3, 0.4) is 0 Å². The summed E-state index contributed by atoms with van der Waals surface area (Å²) in [6.07, 6.45) is 0.908. The van der Waals surface area contributed by atoms with E-state index in [0.29, 0.717) is 66.8 Å². The first-order valence-corrected chi connectivity index (χ1v) is 19.3. The number of ether oxygens (including phenoxy) is 2.